The van der Waals surface area contributed by atoms with Gasteiger partial charge < -0.3 is 0 Å². The molecule has 0 spiro atoms. The van der Waals surface area contributed by atoms with E-state index in [0.717, 1.165) is 5.56 Å². The zero-order chi connectivity index (χ0) is 9.64. The molecule has 0 fully saturated rings. The van der Waals surface area contributed by atoms with E-state index in [1.54, 1.807) is 0 Å². The van der Waals surface area contributed by atoms with Crippen molar-refractivity contribution < 1.29 is 0 Å². The quantitative estimate of drug-likeness (QED) is 0.618. The zero-order valence-corrected chi connectivity index (χ0v) is 7.77. The summed E-state index contributed by atoms with van der Waals surface area (Å²) in [4.78, 5) is 0. The van der Waals surface area contributed by atoms with E-state index in [1.165, 1.54) is 5.56 Å². The van der Waals surface area contributed by atoms with Crippen LogP contribution in [0.1, 0.15) is 11.1 Å². The van der Waals surface area contributed by atoms with Crippen molar-refractivity contribution in [2.75, 3.05) is 0 Å². The van der Waals surface area contributed by atoms with E-state index in [2.05, 4.69) is 30.3 Å². The van der Waals surface area contributed by atoms with Gasteiger partial charge in [0.05, 0.1) is 0 Å². The molecule has 2 aromatic carbocycles. The summed E-state index contributed by atoms with van der Waals surface area (Å²) in [5.74, 6) is 0. The van der Waals surface area contributed by atoms with E-state index in [4.69, 9.17) is 0 Å². The van der Waals surface area contributed by atoms with Crippen molar-refractivity contribution in [3.63, 3.8) is 0 Å². The van der Waals surface area contributed by atoms with Crippen molar-refractivity contribution in [2.45, 2.75) is 0 Å². The molecule has 0 aromatic heterocycles. The molecule has 0 atom stereocenters. The second-order valence-corrected chi connectivity index (χ2v) is 2.99. The summed E-state index contributed by atoms with van der Waals surface area (Å²) in [6.07, 6.45) is 4.10. The summed E-state index contributed by atoms with van der Waals surface area (Å²) in [7, 11) is 0. The third kappa shape index (κ3) is 2.33. The van der Waals surface area contributed by atoms with Crippen LogP contribution in [0.5, 0.6) is 0 Å². The summed E-state index contributed by atoms with van der Waals surface area (Å²) in [6.45, 7) is 0. The van der Waals surface area contributed by atoms with E-state index < -0.39 is 0 Å². The van der Waals surface area contributed by atoms with Gasteiger partial charge in [0.25, 0.3) is 0 Å². The minimum atomic E-state index is 1.05. The lowest BCUT2D eigenvalue weighted by atomic mass is 10.1. The molecule has 2 radical (unpaired) electrons. The first-order chi connectivity index (χ1) is 6.95. The summed E-state index contributed by atoms with van der Waals surface area (Å²) in [5, 5.41) is 0. The van der Waals surface area contributed by atoms with Gasteiger partial charge in [0.1, 0.15) is 0 Å². The smallest absolute Gasteiger partial charge is 0.0105 e. The molecule has 0 bridgehead atoms. The fraction of sp³-hybridized carbons (Fsp3) is 0. The molecule has 0 nitrogen and oxygen atoms in total. The first-order valence-corrected chi connectivity index (χ1v) is 4.56. The summed E-state index contributed by atoms with van der Waals surface area (Å²) in [6, 6.07) is 22.0. The molecule has 0 heteroatoms. The average molecular weight is 178 g/mol. The van der Waals surface area contributed by atoms with Gasteiger partial charge in [-0.3, -0.25) is 0 Å². The monoisotopic (exact) mass is 178 g/mol. The minimum Gasteiger partial charge on any atom is -0.0622 e. The third-order valence-corrected chi connectivity index (χ3v) is 1.92. The molecule has 0 saturated carbocycles. The lowest BCUT2D eigenvalue weighted by Gasteiger charge is -1.92. The van der Waals surface area contributed by atoms with E-state index in [0.29, 0.717) is 0 Å². The van der Waals surface area contributed by atoms with Crippen LogP contribution in [0, 0.1) is 12.1 Å². The van der Waals surface area contributed by atoms with Gasteiger partial charge in [0, 0.05) is 0 Å². The van der Waals surface area contributed by atoms with Crippen LogP contribution in [0.25, 0.3) is 12.2 Å². The molecule has 0 aliphatic carbocycles. The lowest BCUT2D eigenvalue weighted by Crippen LogP contribution is -1.71. The Morgan fingerprint density at radius 3 is 2.50 bits per heavy atom. The highest BCUT2D eigenvalue weighted by Gasteiger charge is 1.85. The lowest BCUT2D eigenvalue weighted by molar-refractivity contribution is 1.62. The molecule has 0 aliphatic rings. The Kier molecular flexibility index (Phi) is 2.77. The van der Waals surface area contributed by atoms with Gasteiger partial charge in [-0.15, -0.1) is 0 Å². The molecule has 2 aromatic rings. The fourth-order valence-electron chi connectivity index (χ4n) is 1.21. The molecule has 0 unspecified atom stereocenters. The van der Waals surface area contributed by atoms with Crippen molar-refractivity contribution in [2.24, 2.45) is 0 Å². The average Bonchev–Trinajstić information content (AvgIpc) is 2.29. The summed E-state index contributed by atoms with van der Waals surface area (Å²) < 4.78 is 0. The van der Waals surface area contributed by atoms with Crippen molar-refractivity contribution in [3.05, 3.63) is 71.8 Å². The maximum absolute atomic E-state index is 3.12. The van der Waals surface area contributed by atoms with Crippen LogP contribution in [0.3, 0.4) is 0 Å². The number of rotatable bonds is 2. The predicted molar refractivity (Wildman–Crippen MR) is 59.5 cm³/mol. The normalized spacial score (nSPS) is 10.6. The minimum absolute atomic E-state index is 1.05. The molecular formula is C14H10. The van der Waals surface area contributed by atoms with Crippen molar-refractivity contribution >= 4 is 12.2 Å². The number of hydrogen-bond donors (Lipinski definition) is 0. The Morgan fingerprint density at radius 1 is 0.929 bits per heavy atom. The second kappa shape index (κ2) is 4.43. The molecule has 66 valence electrons. The van der Waals surface area contributed by atoms with Gasteiger partial charge in [-0.05, 0) is 29.3 Å². The van der Waals surface area contributed by atoms with Crippen LogP contribution < -0.4 is 0 Å². The predicted octanol–water partition coefficient (Wildman–Crippen LogP) is 3.46. The highest BCUT2D eigenvalue weighted by molar-refractivity contribution is 5.68. The van der Waals surface area contributed by atoms with Gasteiger partial charge >= 0.3 is 0 Å². The maximum Gasteiger partial charge on any atom is -0.0105 e. The highest BCUT2D eigenvalue weighted by Crippen LogP contribution is 2.06. The van der Waals surface area contributed by atoms with Crippen LogP contribution in [0.4, 0.5) is 0 Å². The maximum atomic E-state index is 3.12. The topological polar surface area (TPSA) is 0 Å². The van der Waals surface area contributed by atoms with Crippen molar-refractivity contribution in [1.82, 2.24) is 0 Å². The third-order valence-electron chi connectivity index (χ3n) is 1.92. The summed E-state index contributed by atoms with van der Waals surface area (Å²) in [5.41, 5.74) is 2.25. The molecular weight excluding hydrogens is 168 g/mol. The Labute approximate surface area is 84.5 Å². The van der Waals surface area contributed by atoms with E-state index >= 15 is 0 Å². The first-order valence-electron chi connectivity index (χ1n) is 4.56. The standard InChI is InChI=1S/C14H10/c1-3-7-13(8-4-1)11-12-14-9-5-2-6-10-14/h1-5,7-8,10-12H/b12-11+. The van der Waals surface area contributed by atoms with Gasteiger partial charge in [-0.25, -0.2) is 0 Å². The largest absolute Gasteiger partial charge is 0.0622 e. The zero-order valence-electron chi connectivity index (χ0n) is 7.77. The molecule has 0 amide bonds. The Bertz CT molecular complexity index is 357. The molecule has 0 aliphatic heterocycles. The molecule has 14 heavy (non-hydrogen) atoms. The van der Waals surface area contributed by atoms with Gasteiger partial charge in [0.2, 0.25) is 0 Å². The van der Waals surface area contributed by atoms with Crippen LogP contribution in [0.15, 0.2) is 48.5 Å². The van der Waals surface area contributed by atoms with Crippen LogP contribution in [0.2, 0.25) is 0 Å². The van der Waals surface area contributed by atoms with Crippen LogP contribution in [-0.4, -0.2) is 0 Å². The van der Waals surface area contributed by atoms with E-state index in [1.807, 2.05) is 42.5 Å². The number of benzene rings is 2. The first kappa shape index (κ1) is 8.76. The van der Waals surface area contributed by atoms with Crippen molar-refractivity contribution in [3.8, 4) is 0 Å². The fourth-order valence-corrected chi connectivity index (χ4v) is 1.21. The van der Waals surface area contributed by atoms with Crippen LogP contribution in [-0.2, 0) is 0 Å². The Morgan fingerprint density at radius 2 is 1.79 bits per heavy atom. The van der Waals surface area contributed by atoms with Crippen LogP contribution >= 0.6 is 0 Å². The van der Waals surface area contributed by atoms with E-state index in [9.17, 15) is 0 Å². The number of hydrogen-bond acceptors (Lipinski definition) is 0. The summed E-state index contributed by atoms with van der Waals surface area (Å²) >= 11 is 0. The Balaban J connectivity index is 2.16. The van der Waals surface area contributed by atoms with Gasteiger partial charge in [-0.2, -0.15) is 0 Å². The molecule has 2 rings (SSSR count). The molecule has 0 N–H and O–H groups in total. The van der Waals surface area contributed by atoms with Gasteiger partial charge in [-0.1, -0.05) is 54.6 Å². The highest BCUT2D eigenvalue weighted by atomic mass is 13.9. The second-order valence-electron chi connectivity index (χ2n) is 2.99. The van der Waals surface area contributed by atoms with Crippen molar-refractivity contribution in [1.29, 1.82) is 0 Å². The van der Waals surface area contributed by atoms with Gasteiger partial charge in [0.15, 0.2) is 0 Å². The SMILES string of the molecule is [c]1cc[c]c(/C=C/c2ccccc2)c1. The Hall–Kier alpha value is -1.82. The molecule has 0 saturated heterocycles. The molecule has 0 heterocycles. The van der Waals surface area contributed by atoms with E-state index in [-0.39, 0.29) is 0 Å².